The lowest BCUT2D eigenvalue weighted by Gasteiger charge is -2.14. The summed E-state index contributed by atoms with van der Waals surface area (Å²) in [5.41, 5.74) is 9.36. The molecule has 2 rings (SSSR count). The highest BCUT2D eigenvalue weighted by molar-refractivity contribution is 7.80. The maximum atomic E-state index is 13.2. The van der Waals surface area contributed by atoms with Gasteiger partial charge < -0.3 is 11.1 Å². The first kappa shape index (κ1) is 14.7. The van der Waals surface area contributed by atoms with E-state index in [9.17, 15) is 4.39 Å². The van der Waals surface area contributed by atoms with Crippen molar-refractivity contribution in [3.8, 4) is 0 Å². The lowest BCUT2D eigenvalue weighted by Crippen LogP contribution is -2.15. The van der Waals surface area contributed by atoms with Crippen molar-refractivity contribution in [1.82, 2.24) is 4.98 Å². The fraction of sp³-hybridized carbons (Fsp3) is 0.143. The van der Waals surface area contributed by atoms with E-state index in [2.05, 4.69) is 10.3 Å². The van der Waals surface area contributed by atoms with Crippen molar-refractivity contribution in [2.24, 2.45) is 5.73 Å². The molecule has 20 heavy (non-hydrogen) atoms. The molecule has 0 saturated heterocycles. The molecular weight excluding hydrogens is 297 g/mol. The molecule has 0 aliphatic rings. The van der Waals surface area contributed by atoms with Crippen LogP contribution in [-0.4, -0.2) is 9.97 Å². The van der Waals surface area contributed by atoms with Crippen LogP contribution in [-0.2, 0) is 0 Å². The van der Waals surface area contributed by atoms with Gasteiger partial charge in [0.25, 0.3) is 0 Å². The zero-order valence-electron chi connectivity index (χ0n) is 11.0. The molecule has 104 valence electrons. The van der Waals surface area contributed by atoms with E-state index in [4.69, 9.17) is 29.6 Å². The highest BCUT2D eigenvalue weighted by atomic mass is 35.5. The molecule has 2 aromatic rings. The van der Waals surface area contributed by atoms with Gasteiger partial charge in [0, 0.05) is 17.1 Å². The van der Waals surface area contributed by atoms with Crippen LogP contribution in [0.15, 0.2) is 24.3 Å². The minimum absolute atomic E-state index is 0.0503. The highest BCUT2D eigenvalue weighted by Gasteiger charge is 2.12. The number of pyridine rings is 1. The number of aryl methyl sites for hydroxylation is 2. The lowest BCUT2D eigenvalue weighted by molar-refractivity contribution is 0.628. The lowest BCUT2D eigenvalue weighted by atomic mass is 10.1. The molecule has 0 atom stereocenters. The van der Waals surface area contributed by atoms with Gasteiger partial charge >= 0.3 is 0 Å². The molecule has 0 spiro atoms. The standard InChI is InChI=1S/C14H13ClFN3S/c1-7-5-12(13(14(17)20)8(2)18-7)19-9-3-4-11(16)10(15)6-9/h3-6H,1-2H3,(H2,17,20)(H,18,19). The van der Waals surface area contributed by atoms with Gasteiger partial charge in [-0.25, -0.2) is 4.39 Å². The molecule has 1 aromatic heterocycles. The fourth-order valence-electron chi connectivity index (χ4n) is 1.97. The number of thiocarbonyl (C=S) groups is 1. The van der Waals surface area contributed by atoms with Crippen molar-refractivity contribution < 1.29 is 4.39 Å². The molecule has 6 heteroatoms. The summed E-state index contributed by atoms with van der Waals surface area (Å²) >= 11 is 10.8. The van der Waals surface area contributed by atoms with Crippen LogP contribution in [0.4, 0.5) is 15.8 Å². The highest BCUT2D eigenvalue weighted by Crippen LogP contribution is 2.26. The van der Waals surface area contributed by atoms with Gasteiger partial charge in [0.05, 0.1) is 16.3 Å². The zero-order chi connectivity index (χ0) is 14.9. The number of nitrogens with zero attached hydrogens (tertiary/aromatic N) is 1. The number of nitrogens with two attached hydrogens (primary N) is 1. The second-order valence-corrected chi connectivity index (χ2v) is 5.24. The average Bonchev–Trinajstić information content (AvgIpc) is 2.32. The molecule has 0 amide bonds. The third-order valence-electron chi connectivity index (χ3n) is 2.77. The Labute approximate surface area is 127 Å². The number of benzene rings is 1. The maximum Gasteiger partial charge on any atom is 0.141 e. The molecule has 0 aliphatic carbocycles. The summed E-state index contributed by atoms with van der Waals surface area (Å²) in [5, 5.41) is 3.20. The van der Waals surface area contributed by atoms with E-state index < -0.39 is 5.82 Å². The molecule has 3 N–H and O–H groups in total. The van der Waals surface area contributed by atoms with E-state index in [-0.39, 0.29) is 10.0 Å². The third kappa shape index (κ3) is 3.05. The average molecular weight is 310 g/mol. The normalized spacial score (nSPS) is 10.4. The summed E-state index contributed by atoms with van der Waals surface area (Å²) in [4.78, 5) is 4.59. The van der Waals surface area contributed by atoms with Crippen molar-refractivity contribution >= 4 is 40.2 Å². The first-order valence-corrected chi connectivity index (χ1v) is 6.67. The van der Waals surface area contributed by atoms with Crippen LogP contribution in [0.3, 0.4) is 0 Å². The van der Waals surface area contributed by atoms with Crippen molar-refractivity contribution in [3.63, 3.8) is 0 Å². The number of anilines is 2. The number of rotatable bonds is 3. The smallest absolute Gasteiger partial charge is 0.141 e. The quantitative estimate of drug-likeness (QED) is 0.845. The van der Waals surface area contributed by atoms with Gasteiger partial charge in [0.15, 0.2) is 0 Å². The SMILES string of the molecule is Cc1cc(Nc2ccc(F)c(Cl)c2)c(C(N)=S)c(C)n1. The molecule has 0 bridgehead atoms. The topological polar surface area (TPSA) is 50.9 Å². The van der Waals surface area contributed by atoms with E-state index >= 15 is 0 Å². The Balaban J connectivity index is 2.47. The molecule has 0 fully saturated rings. The van der Waals surface area contributed by atoms with Gasteiger partial charge in [-0.1, -0.05) is 23.8 Å². The second kappa shape index (κ2) is 5.73. The number of aromatic nitrogens is 1. The minimum atomic E-state index is -0.464. The molecular formula is C14H13ClFN3S. The largest absolute Gasteiger partial charge is 0.389 e. The van der Waals surface area contributed by atoms with Gasteiger partial charge in [-0.2, -0.15) is 0 Å². The Kier molecular flexibility index (Phi) is 4.20. The summed E-state index contributed by atoms with van der Waals surface area (Å²) in [6.07, 6.45) is 0. The van der Waals surface area contributed by atoms with E-state index in [0.717, 1.165) is 17.1 Å². The van der Waals surface area contributed by atoms with E-state index in [1.54, 1.807) is 6.07 Å². The number of halogens is 2. The first-order valence-electron chi connectivity index (χ1n) is 5.88. The Hall–Kier alpha value is -1.72. The Bertz CT molecular complexity index is 688. The van der Waals surface area contributed by atoms with Crippen molar-refractivity contribution in [2.75, 3.05) is 5.32 Å². The van der Waals surface area contributed by atoms with Crippen LogP contribution in [0.5, 0.6) is 0 Å². The summed E-state index contributed by atoms with van der Waals surface area (Å²) in [6, 6.07) is 6.23. The monoisotopic (exact) mass is 309 g/mol. The second-order valence-electron chi connectivity index (χ2n) is 4.39. The summed E-state index contributed by atoms with van der Waals surface area (Å²) in [6.45, 7) is 3.71. The van der Waals surface area contributed by atoms with Crippen LogP contribution in [0.1, 0.15) is 17.0 Å². The Morgan fingerprint density at radius 1 is 1.35 bits per heavy atom. The Morgan fingerprint density at radius 3 is 2.65 bits per heavy atom. The minimum Gasteiger partial charge on any atom is -0.389 e. The molecule has 0 aliphatic heterocycles. The number of nitrogens with one attached hydrogen (secondary N) is 1. The van der Waals surface area contributed by atoms with E-state index in [1.807, 2.05) is 19.9 Å². The number of hydrogen-bond acceptors (Lipinski definition) is 3. The molecule has 3 nitrogen and oxygen atoms in total. The molecule has 1 aromatic carbocycles. The van der Waals surface area contributed by atoms with Crippen LogP contribution in [0.2, 0.25) is 5.02 Å². The fourth-order valence-corrected chi connectivity index (χ4v) is 2.41. The van der Waals surface area contributed by atoms with Crippen molar-refractivity contribution in [3.05, 3.63) is 52.1 Å². The molecule has 0 radical (unpaired) electrons. The van der Waals surface area contributed by atoms with E-state index in [0.29, 0.717) is 11.3 Å². The Morgan fingerprint density at radius 2 is 2.05 bits per heavy atom. The molecule has 0 saturated carbocycles. The number of hydrogen-bond donors (Lipinski definition) is 2. The van der Waals surface area contributed by atoms with Gasteiger partial charge in [0.1, 0.15) is 10.8 Å². The zero-order valence-corrected chi connectivity index (χ0v) is 12.6. The molecule has 1 heterocycles. The van der Waals surface area contributed by atoms with E-state index in [1.165, 1.54) is 12.1 Å². The maximum absolute atomic E-state index is 13.2. The van der Waals surface area contributed by atoms with Crippen molar-refractivity contribution in [1.29, 1.82) is 0 Å². The summed E-state index contributed by atoms with van der Waals surface area (Å²) in [5.74, 6) is -0.464. The van der Waals surface area contributed by atoms with Gasteiger partial charge in [-0.3, -0.25) is 4.98 Å². The molecule has 0 unspecified atom stereocenters. The predicted molar refractivity (Wildman–Crippen MR) is 84.3 cm³/mol. The first-order chi connectivity index (χ1) is 9.38. The van der Waals surface area contributed by atoms with Crippen LogP contribution >= 0.6 is 23.8 Å². The van der Waals surface area contributed by atoms with Gasteiger partial charge in [-0.05, 0) is 38.1 Å². The summed E-state index contributed by atoms with van der Waals surface area (Å²) in [7, 11) is 0. The van der Waals surface area contributed by atoms with Gasteiger partial charge in [-0.15, -0.1) is 0 Å². The van der Waals surface area contributed by atoms with Crippen LogP contribution in [0.25, 0.3) is 0 Å². The third-order valence-corrected chi connectivity index (χ3v) is 3.27. The van der Waals surface area contributed by atoms with Crippen LogP contribution in [0, 0.1) is 19.7 Å². The van der Waals surface area contributed by atoms with Crippen LogP contribution < -0.4 is 11.1 Å². The van der Waals surface area contributed by atoms with Crippen molar-refractivity contribution in [2.45, 2.75) is 13.8 Å². The predicted octanol–water partition coefficient (Wildman–Crippen LogP) is 3.87. The van der Waals surface area contributed by atoms with Gasteiger partial charge in [0.2, 0.25) is 0 Å². The summed E-state index contributed by atoms with van der Waals surface area (Å²) < 4.78 is 13.2.